The summed E-state index contributed by atoms with van der Waals surface area (Å²) in [4.78, 5) is 15.4. The number of hydrogen-bond acceptors (Lipinski definition) is 3. The predicted octanol–water partition coefficient (Wildman–Crippen LogP) is 4.17. The van der Waals surface area contributed by atoms with Crippen molar-refractivity contribution in [1.29, 1.82) is 0 Å². The molecule has 1 N–H and O–H groups in total. The highest BCUT2D eigenvalue weighted by molar-refractivity contribution is 5.99. The number of rotatable bonds is 2. The highest BCUT2D eigenvalue weighted by Gasteiger charge is 2.28. The molecule has 1 aliphatic rings. The number of hydrogen-bond donors (Lipinski definition) is 1. The Hall–Kier alpha value is -3.08. The van der Waals surface area contributed by atoms with Gasteiger partial charge < -0.3 is 14.5 Å². The molecule has 0 bridgehead atoms. The zero-order valence-corrected chi connectivity index (χ0v) is 12.9. The van der Waals surface area contributed by atoms with Crippen molar-refractivity contribution in [3.63, 3.8) is 0 Å². The first kappa shape index (κ1) is 14.5. The van der Waals surface area contributed by atoms with Crippen molar-refractivity contribution in [1.82, 2.24) is 4.98 Å². The van der Waals surface area contributed by atoms with E-state index >= 15 is 0 Å². The largest absolute Gasteiger partial charge is 0.488 e. The number of aromatic amines is 1. The zero-order chi connectivity index (χ0) is 16.7. The van der Waals surface area contributed by atoms with Gasteiger partial charge in [0.05, 0.1) is 12.8 Å². The average Bonchev–Trinajstić information content (AvgIpc) is 3.01. The Morgan fingerprint density at radius 1 is 1.21 bits per heavy atom. The van der Waals surface area contributed by atoms with Crippen LogP contribution in [0.3, 0.4) is 0 Å². The van der Waals surface area contributed by atoms with Crippen LogP contribution in [0, 0.1) is 5.82 Å². The van der Waals surface area contributed by atoms with Crippen molar-refractivity contribution in [2.24, 2.45) is 0 Å². The van der Waals surface area contributed by atoms with E-state index in [4.69, 9.17) is 9.47 Å². The van der Waals surface area contributed by atoms with Gasteiger partial charge in [0.25, 0.3) is 0 Å². The second-order valence-electron chi connectivity index (χ2n) is 5.52. The van der Waals surface area contributed by atoms with Crippen LogP contribution in [0.4, 0.5) is 4.39 Å². The number of ether oxygens (including phenoxy) is 2. The normalized spacial score (nSPS) is 12.1. The lowest BCUT2D eigenvalue weighted by atomic mass is 9.96. The third-order valence-corrected chi connectivity index (χ3v) is 4.13. The van der Waals surface area contributed by atoms with Crippen molar-refractivity contribution in [3.05, 3.63) is 65.6 Å². The maximum absolute atomic E-state index is 13.7. The number of H-pyrrole nitrogens is 1. The first-order valence-corrected chi connectivity index (χ1v) is 7.50. The van der Waals surface area contributed by atoms with Crippen LogP contribution in [-0.4, -0.2) is 18.1 Å². The minimum Gasteiger partial charge on any atom is -0.488 e. The SMILES string of the molecule is COC(=O)c1[nH]c2c(c1-c1cccc(F)c1)COc1ccccc1-2. The van der Waals surface area contributed by atoms with E-state index in [9.17, 15) is 9.18 Å². The number of nitrogens with one attached hydrogen (secondary N) is 1. The summed E-state index contributed by atoms with van der Waals surface area (Å²) >= 11 is 0. The molecule has 0 fully saturated rings. The second-order valence-corrected chi connectivity index (χ2v) is 5.52. The summed E-state index contributed by atoms with van der Waals surface area (Å²) in [6.45, 7) is 0.297. The van der Waals surface area contributed by atoms with Crippen LogP contribution in [0.1, 0.15) is 16.1 Å². The molecule has 1 aromatic heterocycles. The molecular formula is C19H14FNO3. The first-order valence-electron chi connectivity index (χ1n) is 7.50. The number of methoxy groups -OCH3 is 1. The van der Waals surface area contributed by atoms with Gasteiger partial charge in [-0.3, -0.25) is 0 Å². The Morgan fingerprint density at radius 3 is 2.83 bits per heavy atom. The monoisotopic (exact) mass is 323 g/mol. The summed E-state index contributed by atoms with van der Waals surface area (Å²) in [7, 11) is 1.32. The van der Waals surface area contributed by atoms with Crippen molar-refractivity contribution in [3.8, 4) is 28.1 Å². The van der Waals surface area contributed by atoms with Crippen LogP contribution < -0.4 is 4.74 Å². The van der Waals surface area contributed by atoms with Crippen molar-refractivity contribution >= 4 is 5.97 Å². The van der Waals surface area contributed by atoms with E-state index in [1.165, 1.54) is 19.2 Å². The molecule has 24 heavy (non-hydrogen) atoms. The molecule has 2 aromatic carbocycles. The molecule has 0 saturated heterocycles. The van der Waals surface area contributed by atoms with Gasteiger partial charge in [0.1, 0.15) is 23.9 Å². The number of carbonyl (C=O) groups excluding carboxylic acids is 1. The number of aromatic nitrogens is 1. The quantitative estimate of drug-likeness (QED) is 0.720. The van der Waals surface area contributed by atoms with Crippen LogP contribution >= 0.6 is 0 Å². The van der Waals surface area contributed by atoms with Crippen LogP contribution in [0.2, 0.25) is 0 Å². The number of fused-ring (bicyclic) bond motifs is 3. The summed E-state index contributed by atoms with van der Waals surface area (Å²) in [5, 5.41) is 0. The third-order valence-electron chi connectivity index (χ3n) is 4.13. The molecule has 1 aliphatic heterocycles. The van der Waals surface area contributed by atoms with Gasteiger partial charge in [-0.1, -0.05) is 24.3 Å². The fourth-order valence-electron chi connectivity index (χ4n) is 3.08. The number of halogens is 1. The van der Waals surface area contributed by atoms with E-state index in [0.717, 1.165) is 22.6 Å². The molecule has 5 heteroatoms. The molecule has 0 atom stereocenters. The summed E-state index contributed by atoms with van der Waals surface area (Å²) < 4.78 is 24.4. The number of benzene rings is 2. The molecule has 0 spiro atoms. The molecule has 4 nitrogen and oxygen atoms in total. The molecule has 0 amide bonds. The Labute approximate surface area is 137 Å². The van der Waals surface area contributed by atoms with Gasteiger partial charge in [0.15, 0.2) is 0 Å². The minimum atomic E-state index is -0.499. The molecule has 120 valence electrons. The summed E-state index contributed by atoms with van der Waals surface area (Å²) in [6.07, 6.45) is 0. The standard InChI is InChI=1S/C19H14FNO3/c1-23-19(22)18-16(11-5-4-6-12(20)9-11)14-10-24-15-8-3-2-7-13(15)17(14)21-18/h2-9,21H,10H2,1H3. The summed E-state index contributed by atoms with van der Waals surface area (Å²) in [5.41, 5.74) is 4.01. The Bertz CT molecular complexity index is 946. The fourth-order valence-corrected chi connectivity index (χ4v) is 3.08. The lowest BCUT2D eigenvalue weighted by Gasteiger charge is -2.18. The van der Waals surface area contributed by atoms with E-state index in [1.807, 2.05) is 24.3 Å². The topological polar surface area (TPSA) is 51.3 Å². The van der Waals surface area contributed by atoms with Gasteiger partial charge >= 0.3 is 5.97 Å². The van der Waals surface area contributed by atoms with Gasteiger partial charge in [-0.15, -0.1) is 0 Å². The smallest absolute Gasteiger partial charge is 0.355 e. The lowest BCUT2D eigenvalue weighted by molar-refractivity contribution is 0.0596. The van der Waals surface area contributed by atoms with Crippen LogP contribution in [0.5, 0.6) is 5.75 Å². The molecule has 0 radical (unpaired) electrons. The van der Waals surface area contributed by atoms with E-state index in [1.54, 1.807) is 12.1 Å². The Kier molecular flexibility index (Phi) is 3.34. The third kappa shape index (κ3) is 2.17. The van der Waals surface area contributed by atoms with E-state index in [2.05, 4.69) is 4.98 Å². The maximum Gasteiger partial charge on any atom is 0.355 e. The molecular weight excluding hydrogens is 309 g/mol. The molecule has 4 rings (SSSR count). The van der Waals surface area contributed by atoms with Crippen molar-refractivity contribution < 1.29 is 18.7 Å². The molecule has 0 aliphatic carbocycles. The van der Waals surface area contributed by atoms with E-state index in [0.29, 0.717) is 23.4 Å². The zero-order valence-electron chi connectivity index (χ0n) is 12.9. The van der Waals surface area contributed by atoms with Crippen molar-refractivity contribution in [2.45, 2.75) is 6.61 Å². The van der Waals surface area contributed by atoms with E-state index < -0.39 is 5.97 Å². The molecule has 0 unspecified atom stereocenters. The first-order chi connectivity index (χ1) is 11.7. The molecule has 3 aromatic rings. The van der Waals surface area contributed by atoms with Crippen LogP contribution in [-0.2, 0) is 11.3 Å². The Balaban J connectivity index is 2.00. The fraction of sp³-hybridized carbons (Fsp3) is 0.105. The predicted molar refractivity (Wildman–Crippen MR) is 87.3 cm³/mol. The summed E-state index contributed by atoms with van der Waals surface area (Å²) in [5.74, 6) is -0.120. The maximum atomic E-state index is 13.7. The molecule has 0 saturated carbocycles. The highest BCUT2D eigenvalue weighted by atomic mass is 19.1. The molecule has 2 heterocycles. The highest BCUT2D eigenvalue weighted by Crippen LogP contribution is 2.43. The van der Waals surface area contributed by atoms with Crippen molar-refractivity contribution in [2.75, 3.05) is 7.11 Å². The Morgan fingerprint density at radius 2 is 2.04 bits per heavy atom. The number of carbonyl (C=O) groups is 1. The van der Waals surface area contributed by atoms with Gasteiger partial charge in [-0.2, -0.15) is 0 Å². The number of esters is 1. The minimum absolute atomic E-state index is 0.297. The van der Waals surface area contributed by atoms with Crippen LogP contribution in [0.25, 0.3) is 22.4 Å². The van der Waals surface area contributed by atoms with Gasteiger partial charge in [-0.25, -0.2) is 9.18 Å². The van der Waals surface area contributed by atoms with Crippen LogP contribution in [0.15, 0.2) is 48.5 Å². The van der Waals surface area contributed by atoms with Gasteiger partial charge in [-0.05, 0) is 29.8 Å². The van der Waals surface area contributed by atoms with Gasteiger partial charge in [0.2, 0.25) is 0 Å². The number of para-hydroxylation sites is 1. The van der Waals surface area contributed by atoms with E-state index in [-0.39, 0.29) is 5.82 Å². The second kappa shape index (κ2) is 5.53. The lowest BCUT2D eigenvalue weighted by Crippen LogP contribution is -2.05. The summed E-state index contributed by atoms with van der Waals surface area (Å²) in [6, 6.07) is 13.7. The average molecular weight is 323 g/mol. The van der Waals surface area contributed by atoms with Gasteiger partial charge in [0, 0.05) is 16.7 Å².